The summed E-state index contributed by atoms with van der Waals surface area (Å²) >= 11 is 0. The lowest BCUT2D eigenvalue weighted by molar-refractivity contribution is -0.142. The van der Waals surface area contributed by atoms with Gasteiger partial charge in [0.2, 0.25) is 0 Å². The predicted molar refractivity (Wildman–Crippen MR) is 29.8 cm³/mol. The van der Waals surface area contributed by atoms with Gasteiger partial charge in [0.05, 0.1) is 19.8 Å². The zero-order valence-corrected chi connectivity index (χ0v) is 5.39. The fraction of sp³-hybridized carbons (Fsp3) is 1.00. The standard InChI is InChI=1S/C5H12NO2/c1-3-8-6(2)4-5-7/h3-5H2,1-2H3. The minimum absolute atomic E-state index is 0.101. The molecule has 0 aromatic carbocycles. The van der Waals surface area contributed by atoms with E-state index >= 15 is 0 Å². The smallest absolute Gasteiger partial charge is 0.0972 e. The predicted octanol–water partition coefficient (Wildman–Crippen LogP) is 0.300. The highest BCUT2D eigenvalue weighted by molar-refractivity contribution is 4.29. The van der Waals surface area contributed by atoms with E-state index in [1.165, 1.54) is 0 Å². The highest BCUT2D eigenvalue weighted by Crippen LogP contribution is 1.80. The van der Waals surface area contributed by atoms with Gasteiger partial charge in [-0.3, -0.25) is 4.84 Å². The van der Waals surface area contributed by atoms with E-state index in [2.05, 4.69) is 0 Å². The molecule has 3 heteroatoms. The summed E-state index contributed by atoms with van der Waals surface area (Å²) in [4.78, 5) is 4.92. The van der Waals surface area contributed by atoms with Crippen molar-refractivity contribution in [2.24, 2.45) is 0 Å². The van der Waals surface area contributed by atoms with Gasteiger partial charge in [-0.05, 0) is 6.92 Å². The Bertz CT molecular complexity index is 43.7. The first kappa shape index (κ1) is 7.88. The Balaban J connectivity index is 2.92. The van der Waals surface area contributed by atoms with Gasteiger partial charge in [-0.15, -0.1) is 0 Å². The maximum absolute atomic E-state index is 9.89. The largest absolute Gasteiger partial charge is 0.299 e. The van der Waals surface area contributed by atoms with Crippen molar-refractivity contribution in [3.63, 3.8) is 0 Å². The molecule has 0 unspecified atom stereocenters. The zero-order valence-electron chi connectivity index (χ0n) is 5.39. The van der Waals surface area contributed by atoms with Crippen LogP contribution in [0, 0.1) is 0 Å². The molecule has 0 amide bonds. The summed E-state index contributed by atoms with van der Waals surface area (Å²) in [6.45, 7) is 2.89. The lowest BCUT2D eigenvalue weighted by Crippen LogP contribution is -2.21. The summed E-state index contributed by atoms with van der Waals surface area (Å²) in [6, 6.07) is 0. The van der Waals surface area contributed by atoms with Crippen molar-refractivity contribution in [1.82, 2.24) is 5.06 Å². The molecule has 0 heterocycles. The van der Waals surface area contributed by atoms with Crippen LogP contribution in [0.3, 0.4) is 0 Å². The molecule has 8 heavy (non-hydrogen) atoms. The Morgan fingerprint density at radius 2 is 2.25 bits per heavy atom. The van der Waals surface area contributed by atoms with Gasteiger partial charge in [0.25, 0.3) is 0 Å². The number of hydrogen-bond acceptors (Lipinski definition) is 2. The maximum Gasteiger partial charge on any atom is 0.0972 e. The monoisotopic (exact) mass is 118 g/mol. The minimum Gasteiger partial charge on any atom is -0.299 e. The van der Waals surface area contributed by atoms with Gasteiger partial charge in [0, 0.05) is 7.05 Å². The second kappa shape index (κ2) is 5.03. The molecule has 0 atom stereocenters. The van der Waals surface area contributed by atoms with E-state index in [0.29, 0.717) is 13.2 Å². The van der Waals surface area contributed by atoms with Crippen LogP contribution >= 0.6 is 0 Å². The van der Waals surface area contributed by atoms with Crippen molar-refractivity contribution in [3.05, 3.63) is 0 Å². The third kappa shape index (κ3) is 4.05. The molecule has 0 aliphatic carbocycles. The lowest BCUT2D eigenvalue weighted by Gasteiger charge is -2.11. The third-order valence-corrected chi connectivity index (χ3v) is 0.756. The van der Waals surface area contributed by atoms with Gasteiger partial charge in [0.15, 0.2) is 0 Å². The van der Waals surface area contributed by atoms with Crippen LogP contribution in [0.4, 0.5) is 0 Å². The summed E-state index contributed by atoms with van der Waals surface area (Å²) in [7, 11) is 1.75. The summed E-state index contributed by atoms with van der Waals surface area (Å²) in [5.74, 6) is 0. The first-order valence-corrected chi connectivity index (χ1v) is 2.73. The first-order chi connectivity index (χ1) is 3.81. The Morgan fingerprint density at radius 3 is 2.62 bits per heavy atom. The van der Waals surface area contributed by atoms with E-state index in [0.717, 1.165) is 0 Å². The summed E-state index contributed by atoms with van der Waals surface area (Å²) in [5.41, 5.74) is 0. The van der Waals surface area contributed by atoms with Crippen molar-refractivity contribution < 1.29 is 9.94 Å². The molecule has 0 fully saturated rings. The molecule has 0 aromatic heterocycles. The van der Waals surface area contributed by atoms with Crippen LogP contribution in [0.2, 0.25) is 0 Å². The van der Waals surface area contributed by atoms with Crippen molar-refractivity contribution in [1.29, 1.82) is 0 Å². The number of hydrogen-bond donors (Lipinski definition) is 0. The molecule has 0 aliphatic heterocycles. The van der Waals surface area contributed by atoms with Crippen LogP contribution in [-0.2, 0) is 9.94 Å². The van der Waals surface area contributed by atoms with Crippen molar-refractivity contribution in [2.75, 3.05) is 26.8 Å². The van der Waals surface area contributed by atoms with Crippen LogP contribution in [0.5, 0.6) is 0 Å². The number of likely N-dealkylation sites (N-methyl/N-ethyl adjacent to an activating group) is 1. The summed E-state index contributed by atoms with van der Waals surface area (Å²) < 4.78 is 0. The van der Waals surface area contributed by atoms with Crippen molar-refractivity contribution in [3.8, 4) is 0 Å². The van der Waals surface area contributed by atoms with Crippen LogP contribution in [-0.4, -0.2) is 31.9 Å². The SMILES string of the molecule is CCON(C)CC[O]. The van der Waals surface area contributed by atoms with E-state index in [-0.39, 0.29) is 6.61 Å². The van der Waals surface area contributed by atoms with Crippen molar-refractivity contribution >= 4 is 0 Å². The topological polar surface area (TPSA) is 32.4 Å². The molecule has 0 bridgehead atoms. The highest BCUT2D eigenvalue weighted by atomic mass is 16.7. The van der Waals surface area contributed by atoms with E-state index < -0.39 is 0 Å². The number of nitrogens with zero attached hydrogens (tertiary/aromatic N) is 1. The van der Waals surface area contributed by atoms with Crippen LogP contribution in [0.25, 0.3) is 0 Å². The summed E-state index contributed by atoms with van der Waals surface area (Å²) in [6.07, 6.45) is 0. The van der Waals surface area contributed by atoms with E-state index in [1.807, 2.05) is 6.92 Å². The lowest BCUT2D eigenvalue weighted by atomic mass is 10.7. The van der Waals surface area contributed by atoms with Crippen molar-refractivity contribution in [2.45, 2.75) is 6.92 Å². The van der Waals surface area contributed by atoms with Gasteiger partial charge < -0.3 is 0 Å². The van der Waals surface area contributed by atoms with E-state index in [9.17, 15) is 5.11 Å². The second-order valence-electron chi connectivity index (χ2n) is 1.47. The normalized spacial score (nSPS) is 10.5. The molecular weight excluding hydrogens is 106 g/mol. The van der Waals surface area contributed by atoms with Crippen LogP contribution in [0.15, 0.2) is 0 Å². The molecule has 0 saturated carbocycles. The number of hydroxylamine groups is 2. The Hall–Kier alpha value is -0.120. The van der Waals surface area contributed by atoms with Gasteiger partial charge in [0.1, 0.15) is 0 Å². The molecule has 0 saturated heterocycles. The van der Waals surface area contributed by atoms with Crippen LogP contribution < -0.4 is 0 Å². The highest BCUT2D eigenvalue weighted by Gasteiger charge is 1.92. The molecule has 0 rings (SSSR count). The van der Waals surface area contributed by atoms with E-state index in [4.69, 9.17) is 4.84 Å². The molecule has 0 aromatic rings. The van der Waals surface area contributed by atoms with Gasteiger partial charge in [-0.2, -0.15) is 5.06 Å². The fourth-order valence-electron chi connectivity index (χ4n) is 0.413. The molecule has 1 radical (unpaired) electrons. The van der Waals surface area contributed by atoms with Gasteiger partial charge >= 0.3 is 0 Å². The quantitative estimate of drug-likeness (QED) is 0.497. The molecule has 0 spiro atoms. The van der Waals surface area contributed by atoms with Gasteiger partial charge in [-0.1, -0.05) is 0 Å². The fourth-order valence-corrected chi connectivity index (χ4v) is 0.413. The second-order valence-corrected chi connectivity index (χ2v) is 1.47. The average Bonchev–Trinajstić information content (AvgIpc) is 1.68. The molecule has 0 aliphatic rings. The van der Waals surface area contributed by atoms with Gasteiger partial charge in [-0.25, -0.2) is 5.11 Å². The molecule has 3 nitrogen and oxygen atoms in total. The van der Waals surface area contributed by atoms with E-state index in [1.54, 1.807) is 12.1 Å². The third-order valence-electron chi connectivity index (χ3n) is 0.756. The Morgan fingerprint density at radius 1 is 1.62 bits per heavy atom. The Labute approximate surface area is 49.8 Å². The summed E-state index contributed by atoms with van der Waals surface area (Å²) in [5, 5.41) is 11.4. The zero-order chi connectivity index (χ0) is 6.41. The molecule has 0 N–H and O–H groups in total. The average molecular weight is 118 g/mol. The first-order valence-electron chi connectivity index (χ1n) is 2.73. The maximum atomic E-state index is 9.89. The minimum atomic E-state index is -0.101. The van der Waals surface area contributed by atoms with Crippen LogP contribution in [0.1, 0.15) is 6.92 Å². The molecular formula is C5H12NO2. The Kier molecular flexibility index (Phi) is 4.95. The molecule has 49 valence electrons. The number of rotatable bonds is 4.